The van der Waals surface area contributed by atoms with Crippen molar-refractivity contribution >= 4 is 37.4 Å². The Kier molecular flexibility index (Phi) is 30.5. The average Bonchev–Trinajstić information content (AvgIpc) is 0.687. The highest BCUT2D eigenvalue weighted by Gasteiger charge is 2.68. The van der Waals surface area contributed by atoms with Crippen LogP contribution in [0.25, 0.3) is 0 Å². The lowest BCUT2D eigenvalue weighted by Crippen LogP contribution is -2.56. The second-order valence-corrected chi connectivity index (χ2v) is 33.5. The Morgan fingerprint density at radius 3 is 0.144 bits per heavy atom. The van der Waals surface area contributed by atoms with Crippen LogP contribution in [0.3, 0.4) is 0 Å². The van der Waals surface area contributed by atoms with Gasteiger partial charge in [0.2, 0.25) is 408 Å². The predicted octanol–water partition coefficient (Wildman–Crippen LogP) is 23.5. The van der Waals surface area contributed by atoms with Crippen molar-refractivity contribution in [3.05, 3.63) is 349 Å². The van der Waals surface area contributed by atoms with Crippen molar-refractivity contribution in [2.75, 3.05) is 0 Å². The van der Waals surface area contributed by atoms with Gasteiger partial charge in [-0.15, -0.1) is 0 Å². The zero-order valence-corrected chi connectivity index (χ0v) is 64.2. The molecule has 12 aromatic rings. The second kappa shape index (κ2) is 38.6. The quantitative estimate of drug-likeness (QED) is 0.0402. The maximum Gasteiger partial charge on any atom is 0.216 e. The molecule has 3 radical (unpaired) electrons. The molecule has 139 heavy (non-hydrogen) atoms. The van der Waals surface area contributed by atoms with Crippen molar-refractivity contribution in [2.45, 2.75) is 58.7 Å². The fraction of sp³-hybridized carbons (Fsp3) is 0. The van der Waals surface area contributed by atoms with Crippen LogP contribution in [0.5, 0.6) is 0 Å². The molecule has 12 aromatic carbocycles. The molecule has 12 rings (SSSR count). The SMILES string of the molecule is Fc1c(F)c(F)c([S+](c2c(F)c(F)c(F)c(F)c2F)(c2c(F)c(F)c(F)c(F)c2F)c2c(F)c(F)c(F)c(F)c2F)c(F)c1F.Fc1c(F)c(F)c([S+](c2c(F)c(F)c(F)c(F)c2F)(c2c(F)c(F)c(F)c(F)c2F)c2c(F)c(F)c(F)c(F)c2F)c(F)c1F.Fc1c(F)c(F)c([S+](c2c(F)c(F)c(F)c(F)c2F)(c2c(F)c(F)c(F)c(F)c2F)c2c(F)c(F)c(F)c(F)c2F)c(F)c1F.[O-]B([O-])[O-]. The van der Waals surface area contributed by atoms with Gasteiger partial charge < -0.3 is 15.1 Å². The zero-order valence-electron chi connectivity index (χ0n) is 61.7. The molecule has 0 saturated heterocycles. The number of rotatable bonds is 12. The molecule has 0 N–H and O–H groups in total. The van der Waals surface area contributed by atoms with E-state index < -0.39 is 445 Å². The molecule has 0 fully saturated rings. The average molecular weight is 2160 g/mol. The molecule has 0 atom stereocenters. The number of halogens is 60. The van der Waals surface area contributed by atoms with Crippen molar-refractivity contribution in [3.8, 4) is 0 Å². The van der Waals surface area contributed by atoms with Crippen molar-refractivity contribution in [2.24, 2.45) is 0 Å². The first-order valence-corrected chi connectivity index (χ1v) is 37.4. The summed E-state index contributed by atoms with van der Waals surface area (Å²) in [5.41, 5.74) is 0. The molecule has 3 nitrogen and oxygen atoms in total. The Labute approximate surface area is 721 Å². The van der Waals surface area contributed by atoms with Gasteiger partial charge in [0.1, 0.15) is 0 Å². The predicted molar refractivity (Wildman–Crippen MR) is 322 cm³/mol. The van der Waals surface area contributed by atoms with E-state index in [2.05, 4.69) is 0 Å². The topological polar surface area (TPSA) is 69.2 Å². The minimum absolute atomic E-state index is 2.92. The fourth-order valence-electron chi connectivity index (χ4n) is 12.1. The Hall–Kier alpha value is -12.6. The van der Waals surface area contributed by atoms with E-state index in [4.69, 9.17) is 15.1 Å². The molecular weight excluding hydrogens is 2160 g/mol. The van der Waals surface area contributed by atoms with E-state index in [1.807, 2.05) is 0 Å². The highest BCUT2D eigenvalue weighted by Crippen LogP contribution is 2.64. The number of benzene rings is 12. The van der Waals surface area contributed by atoms with Crippen LogP contribution >= 0.6 is 0 Å². The lowest BCUT2D eigenvalue weighted by atomic mass is 10.3. The van der Waals surface area contributed by atoms with Crippen molar-refractivity contribution in [3.63, 3.8) is 0 Å². The molecule has 0 aliphatic carbocycles. The minimum atomic E-state index is -7.59. The highest BCUT2D eigenvalue weighted by atomic mass is 32.3. The lowest BCUT2D eigenvalue weighted by molar-refractivity contribution is -0.479. The van der Waals surface area contributed by atoms with Crippen LogP contribution in [0.4, 0.5) is 263 Å². The van der Waals surface area contributed by atoms with Crippen LogP contribution in [0.15, 0.2) is 58.7 Å². The Balaban J connectivity index is 0.000000228. The van der Waals surface area contributed by atoms with E-state index in [0.29, 0.717) is 0 Å². The van der Waals surface area contributed by atoms with Crippen LogP contribution in [0, 0.1) is 349 Å². The normalized spacial score (nSPS) is 11.8. The lowest BCUT2D eigenvalue weighted by Gasteiger charge is -2.35. The van der Waals surface area contributed by atoms with E-state index in [0.717, 1.165) is 0 Å². The standard InChI is InChI=1S/3C24F20S.BO3/c3*25-1-5(29)13(37)21(14(38)6(1)30)45(22-15(39)7(31)2(26)8(32)16(22)40,23-17(41)9(33)3(27)10(34)18(23)42)24-19(43)11(35)4(28)12(36)20(24)44;2-1(3)4/q3*+1;-3. The molecule has 747 valence electrons. The van der Waals surface area contributed by atoms with Gasteiger partial charge in [-0.1, -0.05) is 0 Å². The summed E-state index contributed by atoms with van der Waals surface area (Å²) in [5.74, 6) is -214. The third kappa shape index (κ3) is 15.8. The van der Waals surface area contributed by atoms with Crippen LogP contribution in [0.1, 0.15) is 0 Å². The monoisotopic (exact) mass is 2160 g/mol. The van der Waals surface area contributed by atoms with Crippen LogP contribution in [0.2, 0.25) is 0 Å². The maximum absolute atomic E-state index is 15.4. The smallest absolute Gasteiger partial charge is 0.216 e. The first-order chi connectivity index (χ1) is 63.8. The molecule has 0 aromatic heterocycles. The van der Waals surface area contributed by atoms with Gasteiger partial charge in [0, 0.05) is 30.1 Å². The fourth-order valence-corrected chi connectivity index (χ4v) is 24.4. The summed E-state index contributed by atoms with van der Waals surface area (Å²) in [7, 11) is -25.7. The Morgan fingerprint density at radius 1 is 0.0791 bits per heavy atom. The molecule has 0 saturated carbocycles. The van der Waals surface area contributed by atoms with Gasteiger partial charge in [-0.25, -0.2) is 158 Å². The molecule has 0 amide bonds. The molecule has 0 unspecified atom stereocenters. The minimum Gasteiger partial charge on any atom is -0.907 e. The van der Waals surface area contributed by atoms with Gasteiger partial charge in [-0.3, -0.25) is 7.32 Å². The van der Waals surface area contributed by atoms with E-state index in [9.17, 15) is 158 Å². The van der Waals surface area contributed by atoms with Crippen molar-refractivity contribution in [1.29, 1.82) is 0 Å². The van der Waals surface area contributed by atoms with Gasteiger partial charge in [-0.2, -0.15) is 105 Å². The molecule has 0 heterocycles. The van der Waals surface area contributed by atoms with Gasteiger partial charge in [0.05, 0.1) is 0 Å². The molecule has 67 heteroatoms. The molecular formula is C72BF60O3S3. The maximum atomic E-state index is 15.4. The highest BCUT2D eigenvalue weighted by molar-refractivity contribution is 8.15. The summed E-state index contributed by atoms with van der Waals surface area (Å²) in [5, 5.41) is 25.2. The summed E-state index contributed by atoms with van der Waals surface area (Å²) in [6, 6.07) is 0. The summed E-state index contributed by atoms with van der Waals surface area (Å²) in [6.45, 7) is 0. The second-order valence-electron chi connectivity index (χ2n) is 24.9. The summed E-state index contributed by atoms with van der Waals surface area (Å²) < 4.78 is 882. The van der Waals surface area contributed by atoms with E-state index in [-0.39, 0.29) is 0 Å². The third-order valence-electron chi connectivity index (χ3n) is 17.7. The largest absolute Gasteiger partial charge is 0.907 e. The molecule has 0 spiro atoms. The van der Waals surface area contributed by atoms with Crippen LogP contribution < -0.4 is 15.1 Å². The van der Waals surface area contributed by atoms with Crippen LogP contribution in [-0.2, 0) is 30.1 Å². The van der Waals surface area contributed by atoms with Gasteiger partial charge in [0.15, 0.2) is 0 Å². The first-order valence-electron chi connectivity index (χ1n) is 32.5. The van der Waals surface area contributed by atoms with Gasteiger partial charge >= 0.3 is 0 Å². The first kappa shape index (κ1) is 110. The summed E-state index contributed by atoms with van der Waals surface area (Å²) in [4.78, 5) is -42.7. The van der Waals surface area contributed by atoms with Crippen LogP contribution in [-0.4, -0.2) is 7.32 Å². The van der Waals surface area contributed by atoms with E-state index in [1.165, 1.54) is 0 Å². The van der Waals surface area contributed by atoms with Gasteiger partial charge in [-0.05, 0) is 0 Å². The molecule has 0 aliphatic rings. The van der Waals surface area contributed by atoms with E-state index in [1.54, 1.807) is 0 Å². The zero-order chi connectivity index (χ0) is 107. The van der Waals surface area contributed by atoms with Crippen molar-refractivity contribution in [1.82, 2.24) is 0 Å². The van der Waals surface area contributed by atoms with Gasteiger partial charge in [0.25, 0.3) is 0 Å². The third-order valence-corrected chi connectivity index (χ3v) is 29.4. The number of hydrogen-bond donors (Lipinski definition) is 0. The molecule has 0 aliphatic heterocycles. The molecule has 0 bridgehead atoms. The Bertz CT molecular complexity index is 5460. The van der Waals surface area contributed by atoms with Crippen molar-refractivity contribution < 1.29 is 278 Å². The number of hydrogen-bond acceptors (Lipinski definition) is 3. The summed E-state index contributed by atoms with van der Waals surface area (Å²) >= 11 is 0. The van der Waals surface area contributed by atoms with E-state index >= 15 is 105 Å². The Morgan fingerprint density at radius 2 is 0.108 bits per heavy atom. The summed E-state index contributed by atoms with van der Waals surface area (Å²) in [6.07, 6.45) is 0.